The molecule has 0 fully saturated rings. The highest BCUT2D eigenvalue weighted by Gasteiger charge is 2.03. The molecule has 2 aromatic heterocycles. The Morgan fingerprint density at radius 2 is 2.31 bits per heavy atom. The number of aryl methyl sites for hydroxylation is 1. The van der Waals surface area contributed by atoms with Crippen molar-refractivity contribution in [1.29, 1.82) is 0 Å². The lowest BCUT2D eigenvalue weighted by atomic mass is 10.5. The van der Waals surface area contributed by atoms with E-state index in [2.05, 4.69) is 25.6 Å². The first kappa shape index (κ1) is 10.1. The quantitative estimate of drug-likeness (QED) is 0.643. The predicted octanol–water partition coefficient (Wildman–Crippen LogP) is -0.582. The molecule has 0 saturated carbocycles. The van der Waals surface area contributed by atoms with Crippen molar-refractivity contribution in [2.45, 2.75) is 13.5 Å². The van der Waals surface area contributed by atoms with Crippen LogP contribution in [0.5, 0.6) is 0 Å². The first-order valence-corrected chi connectivity index (χ1v) is 4.67. The van der Waals surface area contributed by atoms with Gasteiger partial charge in [-0.3, -0.25) is 14.5 Å². The minimum Gasteiger partial charge on any atom is -0.332 e. The molecule has 2 heterocycles. The van der Waals surface area contributed by atoms with Gasteiger partial charge in [0, 0.05) is 12.7 Å². The van der Waals surface area contributed by atoms with Crippen molar-refractivity contribution in [3.05, 3.63) is 33.2 Å². The first-order chi connectivity index (χ1) is 7.69. The van der Waals surface area contributed by atoms with E-state index in [0.29, 0.717) is 5.69 Å². The van der Waals surface area contributed by atoms with Gasteiger partial charge in [0.15, 0.2) is 0 Å². The Morgan fingerprint density at radius 1 is 1.50 bits per heavy atom. The summed E-state index contributed by atoms with van der Waals surface area (Å²) in [5.74, 6) is 0.0234. The Balaban J connectivity index is 2.27. The molecule has 0 unspecified atom stereocenters. The summed E-state index contributed by atoms with van der Waals surface area (Å²) < 4.78 is 1.70. The molecule has 8 heteroatoms. The third-order valence-electron chi connectivity index (χ3n) is 1.93. The number of anilines is 2. The van der Waals surface area contributed by atoms with Gasteiger partial charge in [0.2, 0.25) is 5.82 Å². The molecule has 2 rings (SSSR count). The minimum atomic E-state index is -0.639. The highest BCUT2D eigenvalue weighted by Crippen LogP contribution is 2.08. The van der Waals surface area contributed by atoms with Crippen LogP contribution in [0.1, 0.15) is 6.92 Å². The van der Waals surface area contributed by atoms with Crippen LogP contribution in [-0.4, -0.2) is 25.0 Å². The van der Waals surface area contributed by atoms with Crippen LogP contribution in [0.3, 0.4) is 0 Å². The van der Waals surface area contributed by atoms with Crippen molar-refractivity contribution in [2.75, 3.05) is 5.32 Å². The van der Waals surface area contributed by atoms with Gasteiger partial charge in [-0.2, -0.15) is 5.10 Å². The monoisotopic (exact) mass is 222 g/mol. The van der Waals surface area contributed by atoms with E-state index in [9.17, 15) is 9.59 Å². The predicted molar refractivity (Wildman–Crippen MR) is 56.7 cm³/mol. The topological polar surface area (TPSA) is 108 Å². The van der Waals surface area contributed by atoms with Gasteiger partial charge in [0.05, 0.1) is 11.9 Å². The number of aromatic nitrogens is 5. The molecule has 3 N–H and O–H groups in total. The standard InChI is InChI=1S/C8H10N6O2/c1-2-14-4-5(3-9-14)10-6-7(15)11-8(16)13-12-6/h3-4H,2H2,1H3,(H,10,12)(H2,11,13,15,16). The lowest BCUT2D eigenvalue weighted by Gasteiger charge is -1.98. The van der Waals surface area contributed by atoms with Gasteiger partial charge in [0.25, 0.3) is 5.56 Å². The van der Waals surface area contributed by atoms with Crippen molar-refractivity contribution in [1.82, 2.24) is 25.0 Å². The largest absolute Gasteiger partial charge is 0.342 e. The summed E-state index contributed by atoms with van der Waals surface area (Å²) >= 11 is 0. The second-order valence-corrected chi connectivity index (χ2v) is 3.07. The maximum atomic E-state index is 11.3. The van der Waals surface area contributed by atoms with Crippen LogP contribution in [0.4, 0.5) is 11.5 Å². The van der Waals surface area contributed by atoms with Gasteiger partial charge in [-0.25, -0.2) is 9.89 Å². The summed E-state index contributed by atoms with van der Waals surface area (Å²) in [5.41, 5.74) is -0.584. The summed E-state index contributed by atoms with van der Waals surface area (Å²) in [7, 11) is 0. The molecule has 0 saturated heterocycles. The van der Waals surface area contributed by atoms with Gasteiger partial charge >= 0.3 is 5.69 Å². The molecule has 0 aliphatic rings. The average molecular weight is 222 g/mol. The molecular formula is C8H10N6O2. The molecule has 8 nitrogen and oxygen atoms in total. The maximum Gasteiger partial charge on any atom is 0.342 e. The van der Waals surface area contributed by atoms with Gasteiger partial charge in [0.1, 0.15) is 0 Å². The Labute approximate surface area is 89.3 Å². The fraction of sp³-hybridized carbons (Fsp3) is 0.250. The van der Waals surface area contributed by atoms with Crippen LogP contribution in [0.15, 0.2) is 22.0 Å². The van der Waals surface area contributed by atoms with Gasteiger partial charge < -0.3 is 5.32 Å². The third-order valence-corrected chi connectivity index (χ3v) is 1.93. The summed E-state index contributed by atoms with van der Waals surface area (Å²) in [5, 5.41) is 12.5. The van der Waals surface area contributed by atoms with Crippen LogP contribution in [0.2, 0.25) is 0 Å². The van der Waals surface area contributed by atoms with Gasteiger partial charge in [-0.1, -0.05) is 0 Å². The van der Waals surface area contributed by atoms with Gasteiger partial charge in [-0.15, -0.1) is 5.10 Å². The normalized spacial score (nSPS) is 10.3. The molecule has 16 heavy (non-hydrogen) atoms. The number of aromatic amines is 2. The lowest BCUT2D eigenvalue weighted by Crippen LogP contribution is -2.25. The summed E-state index contributed by atoms with van der Waals surface area (Å²) in [6.45, 7) is 2.68. The number of hydrogen-bond acceptors (Lipinski definition) is 5. The lowest BCUT2D eigenvalue weighted by molar-refractivity contribution is 0.660. The maximum absolute atomic E-state index is 11.3. The zero-order valence-corrected chi connectivity index (χ0v) is 8.52. The molecule has 0 amide bonds. The SMILES string of the molecule is CCn1cc(Nc2n[nH]c(=O)[nH]c2=O)cn1. The van der Waals surface area contributed by atoms with E-state index in [1.807, 2.05) is 6.92 Å². The summed E-state index contributed by atoms with van der Waals surface area (Å²) in [4.78, 5) is 24.1. The molecule has 0 aliphatic carbocycles. The van der Waals surface area contributed by atoms with Crippen LogP contribution in [0.25, 0.3) is 0 Å². The summed E-state index contributed by atoms with van der Waals surface area (Å²) in [6.07, 6.45) is 3.29. The Morgan fingerprint density at radius 3 is 2.94 bits per heavy atom. The number of hydrogen-bond donors (Lipinski definition) is 3. The Bertz CT molecular complexity index is 595. The van der Waals surface area contributed by atoms with Crippen LogP contribution >= 0.6 is 0 Å². The minimum absolute atomic E-state index is 0.0234. The van der Waals surface area contributed by atoms with E-state index in [1.165, 1.54) is 0 Å². The van der Waals surface area contributed by atoms with Crippen LogP contribution < -0.4 is 16.6 Å². The van der Waals surface area contributed by atoms with E-state index in [1.54, 1.807) is 17.1 Å². The number of nitrogens with zero attached hydrogens (tertiary/aromatic N) is 3. The fourth-order valence-corrected chi connectivity index (χ4v) is 1.17. The first-order valence-electron chi connectivity index (χ1n) is 4.67. The second kappa shape index (κ2) is 4.01. The third kappa shape index (κ3) is 2.00. The molecule has 84 valence electrons. The van der Waals surface area contributed by atoms with Crippen molar-refractivity contribution in [3.8, 4) is 0 Å². The molecule has 0 aromatic carbocycles. The van der Waals surface area contributed by atoms with E-state index in [4.69, 9.17) is 0 Å². The van der Waals surface area contributed by atoms with Crippen molar-refractivity contribution in [3.63, 3.8) is 0 Å². The van der Waals surface area contributed by atoms with E-state index < -0.39 is 11.2 Å². The van der Waals surface area contributed by atoms with Crippen LogP contribution in [0, 0.1) is 0 Å². The number of rotatable bonds is 3. The van der Waals surface area contributed by atoms with Gasteiger partial charge in [-0.05, 0) is 6.92 Å². The molecular weight excluding hydrogens is 212 g/mol. The molecule has 0 aliphatic heterocycles. The van der Waals surface area contributed by atoms with Crippen molar-refractivity contribution in [2.24, 2.45) is 0 Å². The van der Waals surface area contributed by atoms with Crippen molar-refractivity contribution < 1.29 is 0 Å². The molecule has 0 radical (unpaired) electrons. The highest BCUT2D eigenvalue weighted by molar-refractivity contribution is 5.51. The Kier molecular flexibility index (Phi) is 2.54. The average Bonchev–Trinajstić information content (AvgIpc) is 2.70. The van der Waals surface area contributed by atoms with E-state index >= 15 is 0 Å². The second-order valence-electron chi connectivity index (χ2n) is 3.07. The molecule has 0 bridgehead atoms. The smallest absolute Gasteiger partial charge is 0.332 e. The molecule has 0 spiro atoms. The Hall–Kier alpha value is -2.38. The number of nitrogens with one attached hydrogen (secondary N) is 3. The molecule has 2 aromatic rings. The van der Waals surface area contributed by atoms with E-state index in [0.717, 1.165) is 6.54 Å². The van der Waals surface area contributed by atoms with E-state index in [-0.39, 0.29) is 5.82 Å². The highest BCUT2D eigenvalue weighted by atomic mass is 16.2. The van der Waals surface area contributed by atoms with Crippen molar-refractivity contribution >= 4 is 11.5 Å². The van der Waals surface area contributed by atoms with Crippen LogP contribution in [-0.2, 0) is 6.54 Å². The fourth-order valence-electron chi connectivity index (χ4n) is 1.17. The zero-order valence-electron chi connectivity index (χ0n) is 8.52. The number of H-pyrrole nitrogens is 2. The molecule has 0 atom stereocenters. The summed E-state index contributed by atoms with van der Waals surface area (Å²) in [6, 6.07) is 0. The zero-order chi connectivity index (χ0) is 11.5.